The lowest BCUT2D eigenvalue weighted by Gasteiger charge is -1.95. The van der Waals surface area contributed by atoms with Gasteiger partial charge < -0.3 is 4.74 Å². The lowest BCUT2D eigenvalue weighted by atomic mass is 10.7. The molecule has 0 N–H and O–H groups in total. The molecule has 0 saturated heterocycles. The third kappa shape index (κ3) is 1.60. The highest BCUT2D eigenvalue weighted by Gasteiger charge is 2.12. The van der Waals surface area contributed by atoms with E-state index in [2.05, 4.69) is 5.10 Å². The zero-order valence-electron chi connectivity index (χ0n) is 6.27. The minimum atomic E-state index is 0.371. The minimum Gasteiger partial charge on any atom is -0.476 e. The summed E-state index contributed by atoms with van der Waals surface area (Å²) < 4.78 is 6.56. The van der Waals surface area contributed by atoms with Gasteiger partial charge in [0.05, 0.1) is 6.61 Å². The van der Waals surface area contributed by atoms with Crippen LogP contribution in [0, 0.1) is 0 Å². The van der Waals surface area contributed by atoms with Crippen LogP contribution in [0.4, 0.5) is 0 Å². The van der Waals surface area contributed by atoms with Crippen LogP contribution in [0.1, 0.15) is 6.92 Å². The molecule has 5 heteroatoms. The molecular formula is C6H8Cl2N2O. The van der Waals surface area contributed by atoms with Crippen molar-refractivity contribution in [3.05, 3.63) is 10.2 Å². The van der Waals surface area contributed by atoms with Gasteiger partial charge in [-0.05, 0) is 6.92 Å². The van der Waals surface area contributed by atoms with Gasteiger partial charge in [0.25, 0.3) is 5.88 Å². The first-order chi connectivity index (χ1) is 5.16. The smallest absolute Gasteiger partial charge is 0.253 e. The van der Waals surface area contributed by atoms with Crippen molar-refractivity contribution in [3.63, 3.8) is 0 Å². The van der Waals surface area contributed by atoms with Crippen molar-refractivity contribution in [2.45, 2.75) is 6.92 Å². The molecular weight excluding hydrogens is 187 g/mol. The van der Waals surface area contributed by atoms with Crippen molar-refractivity contribution in [3.8, 4) is 5.88 Å². The molecule has 62 valence electrons. The van der Waals surface area contributed by atoms with Gasteiger partial charge >= 0.3 is 0 Å². The van der Waals surface area contributed by atoms with E-state index in [9.17, 15) is 0 Å². The highest BCUT2D eigenvalue weighted by atomic mass is 35.5. The summed E-state index contributed by atoms with van der Waals surface area (Å²) in [6.45, 7) is 2.39. The Balaban J connectivity index is 2.98. The van der Waals surface area contributed by atoms with Gasteiger partial charge in [0.2, 0.25) is 0 Å². The number of halogens is 2. The van der Waals surface area contributed by atoms with E-state index < -0.39 is 0 Å². The van der Waals surface area contributed by atoms with Gasteiger partial charge in [0.1, 0.15) is 10.2 Å². The second-order valence-corrected chi connectivity index (χ2v) is 2.70. The largest absolute Gasteiger partial charge is 0.476 e. The number of aromatic nitrogens is 2. The molecule has 0 spiro atoms. The Morgan fingerprint density at radius 1 is 1.55 bits per heavy atom. The van der Waals surface area contributed by atoms with Crippen LogP contribution in [0.5, 0.6) is 5.88 Å². The number of nitrogens with zero attached hydrogens (tertiary/aromatic N) is 2. The number of rotatable bonds is 2. The van der Waals surface area contributed by atoms with Crippen molar-refractivity contribution in [2.75, 3.05) is 6.61 Å². The van der Waals surface area contributed by atoms with Crippen molar-refractivity contribution in [2.24, 2.45) is 7.05 Å². The normalized spacial score (nSPS) is 10.2. The fourth-order valence-electron chi connectivity index (χ4n) is 0.683. The fourth-order valence-corrected chi connectivity index (χ4v) is 1.02. The molecule has 0 aliphatic rings. The summed E-state index contributed by atoms with van der Waals surface area (Å²) in [7, 11) is 1.71. The highest BCUT2D eigenvalue weighted by molar-refractivity contribution is 6.42. The molecule has 0 fully saturated rings. The summed E-state index contributed by atoms with van der Waals surface area (Å²) >= 11 is 11.5. The molecule has 3 nitrogen and oxygen atoms in total. The summed E-state index contributed by atoms with van der Waals surface area (Å²) in [5.41, 5.74) is 0. The molecule has 0 unspecified atom stereocenters. The number of hydrogen-bond donors (Lipinski definition) is 0. The zero-order valence-corrected chi connectivity index (χ0v) is 7.78. The molecule has 0 radical (unpaired) electrons. The number of ether oxygens (including phenoxy) is 1. The molecule has 0 saturated carbocycles. The van der Waals surface area contributed by atoms with E-state index in [1.165, 1.54) is 4.68 Å². The second kappa shape index (κ2) is 3.32. The van der Waals surface area contributed by atoms with E-state index >= 15 is 0 Å². The molecule has 1 aromatic rings. The van der Waals surface area contributed by atoms with Gasteiger partial charge in [0.15, 0.2) is 0 Å². The Bertz CT molecular complexity index is 259. The van der Waals surface area contributed by atoms with Crippen LogP contribution in [0.15, 0.2) is 0 Å². The topological polar surface area (TPSA) is 27.1 Å². The van der Waals surface area contributed by atoms with Crippen molar-refractivity contribution in [1.82, 2.24) is 9.78 Å². The van der Waals surface area contributed by atoms with Gasteiger partial charge in [-0.1, -0.05) is 23.2 Å². The van der Waals surface area contributed by atoms with Crippen molar-refractivity contribution >= 4 is 23.2 Å². The lowest BCUT2D eigenvalue weighted by molar-refractivity contribution is 0.323. The van der Waals surface area contributed by atoms with Gasteiger partial charge in [-0.2, -0.15) is 0 Å². The molecule has 11 heavy (non-hydrogen) atoms. The van der Waals surface area contributed by atoms with Crippen LogP contribution in [0.3, 0.4) is 0 Å². The van der Waals surface area contributed by atoms with Crippen LogP contribution in [-0.2, 0) is 7.05 Å². The molecule has 0 aliphatic carbocycles. The predicted molar refractivity (Wildman–Crippen MR) is 44.4 cm³/mol. The van der Waals surface area contributed by atoms with Crippen LogP contribution in [0.25, 0.3) is 0 Å². The fraction of sp³-hybridized carbons (Fsp3) is 0.500. The van der Waals surface area contributed by atoms with Gasteiger partial charge in [-0.15, -0.1) is 5.10 Å². The molecule has 1 rings (SSSR count). The first-order valence-electron chi connectivity index (χ1n) is 3.17. The van der Waals surface area contributed by atoms with Crippen LogP contribution < -0.4 is 4.74 Å². The van der Waals surface area contributed by atoms with Gasteiger partial charge in [-0.3, -0.25) is 4.68 Å². The summed E-state index contributed by atoms with van der Waals surface area (Å²) in [6, 6.07) is 0. The Labute approximate surface area is 74.9 Å². The highest BCUT2D eigenvalue weighted by Crippen LogP contribution is 2.30. The Hall–Kier alpha value is -0.410. The van der Waals surface area contributed by atoms with E-state index in [0.29, 0.717) is 22.7 Å². The van der Waals surface area contributed by atoms with E-state index in [1.54, 1.807) is 7.05 Å². The SMILES string of the molecule is CCOc1nn(C)c(Cl)c1Cl. The standard InChI is InChI=1S/C6H8Cl2N2O/c1-3-11-6-4(7)5(8)10(2)9-6/h3H2,1-2H3. The number of aryl methyl sites for hydroxylation is 1. The predicted octanol–water partition coefficient (Wildman–Crippen LogP) is 2.13. The first kappa shape index (κ1) is 8.68. The van der Waals surface area contributed by atoms with Gasteiger partial charge in [-0.25, -0.2) is 0 Å². The van der Waals surface area contributed by atoms with E-state index in [1.807, 2.05) is 6.92 Å². The van der Waals surface area contributed by atoms with E-state index in [-0.39, 0.29) is 0 Å². The average molecular weight is 195 g/mol. The summed E-state index contributed by atoms with van der Waals surface area (Å²) in [5.74, 6) is 0.390. The molecule has 0 amide bonds. The van der Waals surface area contributed by atoms with E-state index in [0.717, 1.165) is 0 Å². The zero-order chi connectivity index (χ0) is 8.43. The van der Waals surface area contributed by atoms with Gasteiger partial charge in [0, 0.05) is 7.05 Å². The molecule has 1 heterocycles. The van der Waals surface area contributed by atoms with Crippen molar-refractivity contribution < 1.29 is 4.74 Å². The minimum absolute atomic E-state index is 0.371. The molecule has 0 aromatic carbocycles. The quantitative estimate of drug-likeness (QED) is 0.722. The van der Waals surface area contributed by atoms with Crippen molar-refractivity contribution in [1.29, 1.82) is 0 Å². The van der Waals surface area contributed by atoms with E-state index in [4.69, 9.17) is 27.9 Å². The first-order valence-corrected chi connectivity index (χ1v) is 3.93. The maximum absolute atomic E-state index is 5.75. The third-order valence-electron chi connectivity index (χ3n) is 1.17. The Kier molecular flexibility index (Phi) is 2.62. The summed E-state index contributed by atoms with van der Waals surface area (Å²) in [5, 5.41) is 4.70. The third-order valence-corrected chi connectivity index (χ3v) is 2.05. The lowest BCUT2D eigenvalue weighted by Crippen LogP contribution is -1.94. The maximum atomic E-state index is 5.75. The summed E-state index contributed by atoms with van der Waals surface area (Å²) in [4.78, 5) is 0. The second-order valence-electron chi connectivity index (χ2n) is 1.97. The monoisotopic (exact) mass is 194 g/mol. The summed E-state index contributed by atoms with van der Waals surface area (Å²) in [6.07, 6.45) is 0. The average Bonchev–Trinajstić information content (AvgIpc) is 2.19. The number of hydrogen-bond acceptors (Lipinski definition) is 2. The maximum Gasteiger partial charge on any atom is 0.253 e. The molecule has 0 aliphatic heterocycles. The van der Waals surface area contributed by atoms with Crippen LogP contribution >= 0.6 is 23.2 Å². The Morgan fingerprint density at radius 3 is 2.55 bits per heavy atom. The molecule has 1 aromatic heterocycles. The molecule has 0 bridgehead atoms. The molecule has 0 atom stereocenters. The van der Waals surface area contributed by atoms with Crippen LogP contribution in [0.2, 0.25) is 10.2 Å². The Morgan fingerprint density at radius 2 is 2.18 bits per heavy atom. The van der Waals surface area contributed by atoms with Crippen LogP contribution in [-0.4, -0.2) is 16.4 Å².